The number of rotatable bonds is 3. The van der Waals surface area contributed by atoms with Crippen molar-refractivity contribution in [3.8, 4) is 0 Å². The van der Waals surface area contributed by atoms with E-state index >= 15 is 0 Å². The van der Waals surface area contributed by atoms with Gasteiger partial charge in [0.2, 0.25) is 0 Å². The van der Waals surface area contributed by atoms with Crippen LogP contribution < -0.4 is 11.2 Å². The molecule has 2 aromatic rings. The number of halogens is 1. The maximum absolute atomic E-state index is 12.0. The molecule has 0 bridgehead atoms. The normalized spacial score (nSPS) is 11.0. The fourth-order valence-electron chi connectivity index (χ4n) is 1.83. The van der Waals surface area contributed by atoms with Crippen molar-refractivity contribution < 1.29 is 4.79 Å². The molecule has 6 heteroatoms. The summed E-state index contributed by atoms with van der Waals surface area (Å²) in [6.07, 6.45) is 4.10. The molecule has 0 unspecified atom stereocenters. The van der Waals surface area contributed by atoms with Gasteiger partial charge in [-0.3, -0.25) is 14.2 Å². The summed E-state index contributed by atoms with van der Waals surface area (Å²) in [4.78, 5) is 35.4. The van der Waals surface area contributed by atoms with Crippen molar-refractivity contribution in [3.05, 3.63) is 73.5 Å². The van der Waals surface area contributed by atoms with E-state index in [1.807, 2.05) is 0 Å². The first-order valence-electron chi connectivity index (χ1n) is 6.15. The van der Waals surface area contributed by atoms with Gasteiger partial charge in [0.05, 0.1) is 5.56 Å². The molecule has 0 aliphatic heterocycles. The second-order valence-corrected chi connectivity index (χ2v) is 4.98. The van der Waals surface area contributed by atoms with Crippen LogP contribution in [0.15, 0.2) is 46.1 Å². The van der Waals surface area contributed by atoms with Gasteiger partial charge < -0.3 is 4.57 Å². The van der Waals surface area contributed by atoms with Gasteiger partial charge in [-0.15, -0.1) is 0 Å². The Labute approximate surface area is 125 Å². The van der Waals surface area contributed by atoms with E-state index in [-0.39, 0.29) is 11.3 Å². The minimum atomic E-state index is -0.446. The van der Waals surface area contributed by atoms with Crippen LogP contribution in [0.2, 0.25) is 5.02 Å². The van der Waals surface area contributed by atoms with Crippen LogP contribution in [0, 0.1) is 0 Å². The van der Waals surface area contributed by atoms with Crippen molar-refractivity contribution in [2.45, 2.75) is 0 Å². The molecule has 108 valence electrons. The zero-order valence-electron chi connectivity index (χ0n) is 11.5. The fraction of sp³-hybridized carbons (Fsp3) is 0.133. The quantitative estimate of drug-likeness (QED) is 0.639. The minimum Gasteiger partial charge on any atom is -0.303 e. The lowest BCUT2D eigenvalue weighted by Crippen LogP contribution is -2.37. The Kier molecular flexibility index (Phi) is 4.23. The Morgan fingerprint density at radius 3 is 2.38 bits per heavy atom. The Morgan fingerprint density at radius 1 is 1.14 bits per heavy atom. The van der Waals surface area contributed by atoms with Crippen molar-refractivity contribution in [2.24, 2.45) is 14.1 Å². The molecule has 0 N–H and O–H groups in total. The molecule has 0 amide bonds. The number of aryl methyl sites for hydroxylation is 1. The third-order valence-corrected chi connectivity index (χ3v) is 3.27. The van der Waals surface area contributed by atoms with Gasteiger partial charge in [-0.2, -0.15) is 0 Å². The highest BCUT2D eigenvalue weighted by atomic mass is 35.5. The molecule has 1 aromatic carbocycles. The van der Waals surface area contributed by atoms with E-state index in [1.54, 1.807) is 31.3 Å². The molecular weight excluding hydrogens is 292 g/mol. The second-order valence-electron chi connectivity index (χ2n) is 4.55. The third kappa shape index (κ3) is 3.20. The molecule has 0 radical (unpaired) electrons. The molecule has 0 aliphatic carbocycles. The molecule has 1 aromatic heterocycles. The number of nitrogens with zero attached hydrogens (tertiary/aromatic N) is 2. The van der Waals surface area contributed by atoms with Crippen LogP contribution >= 0.6 is 11.6 Å². The summed E-state index contributed by atoms with van der Waals surface area (Å²) in [7, 11) is 2.93. The van der Waals surface area contributed by atoms with Crippen molar-refractivity contribution in [1.82, 2.24) is 9.13 Å². The van der Waals surface area contributed by atoms with Gasteiger partial charge in [-0.1, -0.05) is 11.6 Å². The maximum atomic E-state index is 12.0. The molecule has 0 fully saturated rings. The molecule has 0 spiro atoms. The van der Waals surface area contributed by atoms with E-state index in [9.17, 15) is 14.4 Å². The Morgan fingerprint density at radius 2 is 1.76 bits per heavy atom. The molecule has 0 saturated heterocycles. The van der Waals surface area contributed by atoms with Gasteiger partial charge in [-0.05, 0) is 36.4 Å². The molecule has 0 aliphatic rings. The summed E-state index contributed by atoms with van der Waals surface area (Å²) in [5.41, 5.74) is -0.126. The first-order valence-corrected chi connectivity index (χ1v) is 6.52. The summed E-state index contributed by atoms with van der Waals surface area (Å²) in [5.74, 6) is -0.248. The van der Waals surface area contributed by atoms with E-state index in [4.69, 9.17) is 11.6 Å². The van der Waals surface area contributed by atoms with Gasteiger partial charge in [0.25, 0.3) is 5.56 Å². The average molecular weight is 305 g/mol. The summed E-state index contributed by atoms with van der Waals surface area (Å²) in [6.45, 7) is 0. The number of aromatic nitrogens is 2. The number of carbonyl (C=O) groups is 1. The van der Waals surface area contributed by atoms with Gasteiger partial charge in [0.15, 0.2) is 5.78 Å². The predicted octanol–water partition coefficient (Wildman–Crippen LogP) is 1.63. The smallest absolute Gasteiger partial charge is 0.303 e. The zero-order valence-corrected chi connectivity index (χ0v) is 12.3. The lowest BCUT2D eigenvalue weighted by atomic mass is 10.1. The fourth-order valence-corrected chi connectivity index (χ4v) is 1.95. The molecule has 1 heterocycles. The summed E-state index contributed by atoms with van der Waals surface area (Å²) < 4.78 is 2.28. The Hall–Kier alpha value is -2.40. The first-order chi connectivity index (χ1) is 9.90. The van der Waals surface area contributed by atoms with Crippen LogP contribution in [0.4, 0.5) is 0 Å². The Bertz CT molecular complexity index is 829. The summed E-state index contributed by atoms with van der Waals surface area (Å²) in [5, 5.41) is 0.544. The summed E-state index contributed by atoms with van der Waals surface area (Å²) in [6, 6.07) is 6.45. The summed E-state index contributed by atoms with van der Waals surface area (Å²) >= 11 is 5.75. The SMILES string of the molecule is Cn1cc(/C=C/C(=O)c2ccc(Cl)cc2)c(=O)n(C)c1=O. The van der Waals surface area contributed by atoms with Crippen molar-refractivity contribution in [3.63, 3.8) is 0 Å². The number of benzene rings is 1. The van der Waals surface area contributed by atoms with E-state index in [1.165, 1.54) is 30.0 Å². The van der Waals surface area contributed by atoms with E-state index in [2.05, 4.69) is 0 Å². The number of hydrogen-bond donors (Lipinski definition) is 0. The third-order valence-electron chi connectivity index (χ3n) is 3.02. The van der Waals surface area contributed by atoms with Gasteiger partial charge in [-0.25, -0.2) is 4.79 Å². The molecular formula is C15H13ClN2O3. The standard InChI is InChI=1S/C15H13ClN2O3/c1-17-9-11(14(20)18(2)15(17)21)5-8-13(19)10-3-6-12(16)7-4-10/h3-9H,1-2H3/b8-5+. The van der Waals surface area contributed by atoms with Crippen LogP contribution in [-0.4, -0.2) is 14.9 Å². The van der Waals surface area contributed by atoms with E-state index < -0.39 is 11.2 Å². The lowest BCUT2D eigenvalue weighted by Gasteiger charge is -2.03. The lowest BCUT2D eigenvalue weighted by molar-refractivity contribution is 0.104. The minimum absolute atomic E-state index is 0.248. The number of ketones is 1. The number of allylic oxidation sites excluding steroid dienone is 1. The van der Waals surface area contributed by atoms with Crippen LogP contribution in [0.5, 0.6) is 0 Å². The first kappa shape index (κ1) is 15.0. The monoisotopic (exact) mass is 304 g/mol. The Balaban J connectivity index is 2.34. The predicted molar refractivity (Wildman–Crippen MR) is 81.7 cm³/mol. The highest BCUT2D eigenvalue weighted by molar-refractivity contribution is 6.30. The van der Waals surface area contributed by atoms with Crippen molar-refractivity contribution in [2.75, 3.05) is 0 Å². The van der Waals surface area contributed by atoms with Crippen LogP contribution in [0.1, 0.15) is 15.9 Å². The van der Waals surface area contributed by atoms with E-state index in [0.29, 0.717) is 10.6 Å². The van der Waals surface area contributed by atoms with Crippen LogP contribution in [-0.2, 0) is 14.1 Å². The highest BCUT2D eigenvalue weighted by Gasteiger charge is 2.05. The van der Waals surface area contributed by atoms with Gasteiger partial charge in [0, 0.05) is 30.9 Å². The molecule has 2 rings (SSSR count). The molecule has 5 nitrogen and oxygen atoms in total. The van der Waals surface area contributed by atoms with Crippen molar-refractivity contribution >= 4 is 23.5 Å². The van der Waals surface area contributed by atoms with Crippen LogP contribution in [0.25, 0.3) is 6.08 Å². The number of hydrogen-bond acceptors (Lipinski definition) is 3. The van der Waals surface area contributed by atoms with Crippen LogP contribution in [0.3, 0.4) is 0 Å². The highest BCUT2D eigenvalue weighted by Crippen LogP contribution is 2.10. The second kappa shape index (κ2) is 5.93. The zero-order chi connectivity index (χ0) is 15.6. The number of carbonyl (C=O) groups excluding carboxylic acids is 1. The largest absolute Gasteiger partial charge is 0.330 e. The van der Waals surface area contributed by atoms with Crippen molar-refractivity contribution in [1.29, 1.82) is 0 Å². The van der Waals surface area contributed by atoms with E-state index in [0.717, 1.165) is 4.57 Å². The molecule has 0 atom stereocenters. The molecule has 21 heavy (non-hydrogen) atoms. The average Bonchev–Trinajstić information content (AvgIpc) is 2.48. The molecule has 0 saturated carbocycles. The maximum Gasteiger partial charge on any atom is 0.330 e. The topological polar surface area (TPSA) is 61.1 Å². The van der Waals surface area contributed by atoms with Gasteiger partial charge >= 0.3 is 5.69 Å². The van der Waals surface area contributed by atoms with Gasteiger partial charge in [0.1, 0.15) is 0 Å².